The molecular formula is C17H23FN2O2. The highest BCUT2D eigenvalue weighted by molar-refractivity contribution is 5.97. The molecule has 0 aromatic heterocycles. The van der Waals surface area contributed by atoms with Gasteiger partial charge >= 0.3 is 0 Å². The fourth-order valence-electron chi connectivity index (χ4n) is 2.72. The topological polar surface area (TPSA) is 58.2 Å². The first-order valence-corrected chi connectivity index (χ1v) is 7.84. The zero-order chi connectivity index (χ0) is 16.1. The van der Waals surface area contributed by atoms with Crippen molar-refractivity contribution in [1.82, 2.24) is 10.6 Å². The molecule has 22 heavy (non-hydrogen) atoms. The number of hydrogen-bond acceptors (Lipinski definition) is 2. The van der Waals surface area contributed by atoms with Gasteiger partial charge in [0.1, 0.15) is 11.9 Å². The van der Waals surface area contributed by atoms with Crippen LogP contribution in [0.2, 0.25) is 0 Å². The highest BCUT2D eigenvalue weighted by atomic mass is 19.1. The van der Waals surface area contributed by atoms with E-state index in [9.17, 15) is 14.0 Å². The third kappa shape index (κ3) is 4.29. The summed E-state index contributed by atoms with van der Waals surface area (Å²) in [5.74, 6) is -0.917. The summed E-state index contributed by atoms with van der Waals surface area (Å²) in [5.41, 5.74) is 0.348. The lowest BCUT2D eigenvalue weighted by atomic mass is 10.0. The van der Waals surface area contributed by atoms with Gasteiger partial charge in [0.15, 0.2) is 0 Å². The van der Waals surface area contributed by atoms with E-state index in [1.807, 2.05) is 13.8 Å². The van der Waals surface area contributed by atoms with Gasteiger partial charge in [-0.05, 0) is 43.0 Å². The standard InChI is InChI=1S/C17H23FN2O2/c1-11(2)15(17(22)19-14-5-3-4-6-14)20-16(21)12-7-9-13(18)10-8-12/h7-11,14-15H,3-6H2,1-2H3,(H,19,22)(H,20,21)/t15-/m0/s1. The molecule has 2 N–H and O–H groups in total. The van der Waals surface area contributed by atoms with Crippen LogP contribution in [0.5, 0.6) is 0 Å². The Morgan fingerprint density at radius 1 is 1.14 bits per heavy atom. The Morgan fingerprint density at radius 2 is 1.73 bits per heavy atom. The number of halogens is 1. The first kappa shape index (κ1) is 16.5. The molecule has 5 heteroatoms. The lowest BCUT2D eigenvalue weighted by molar-refractivity contribution is -0.124. The van der Waals surface area contributed by atoms with Crippen LogP contribution in [-0.2, 0) is 4.79 Å². The summed E-state index contributed by atoms with van der Waals surface area (Å²) in [5, 5.41) is 5.77. The SMILES string of the molecule is CC(C)[C@H](NC(=O)c1ccc(F)cc1)C(=O)NC1CCCC1. The molecule has 0 aliphatic heterocycles. The maximum Gasteiger partial charge on any atom is 0.251 e. The molecule has 1 saturated carbocycles. The van der Waals surface area contributed by atoms with Crippen molar-refractivity contribution < 1.29 is 14.0 Å². The van der Waals surface area contributed by atoms with Gasteiger partial charge < -0.3 is 10.6 Å². The Morgan fingerprint density at radius 3 is 2.27 bits per heavy atom. The maximum atomic E-state index is 12.9. The van der Waals surface area contributed by atoms with Crippen LogP contribution in [0, 0.1) is 11.7 Å². The summed E-state index contributed by atoms with van der Waals surface area (Å²) in [7, 11) is 0. The number of carbonyl (C=O) groups is 2. The average Bonchev–Trinajstić information content (AvgIpc) is 2.97. The van der Waals surface area contributed by atoms with E-state index in [1.54, 1.807) is 0 Å². The molecule has 1 atom stereocenters. The van der Waals surface area contributed by atoms with Crippen molar-refractivity contribution in [2.45, 2.75) is 51.6 Å². The molecule has 0 saturated heterocycles. The number of amides is 2. The molecule has 2 amide bonds. The zero-order valence-corrected chi connectivity index (χ0v) is 13.1. The van der Waals surface area contributed by atoms with Crippen LogP contribution in [-0.4, -0.2) is 23.9 Å². The third-order valence-corrected chi connectivity index (χ3v) is 4.04. The van der Waals surface area contributed by atoms with Crippen molar-refractivity contribution in [2.75, 3.05) is 0 Å². The minimum atomic E-state index is -0.585. The van der Waals surface area contributed by atoms with Gasteiger partial charge in [-0.25, -0.2) is 4.39 Å². The predicted octanol–water partition coefficient (Wildman–Crippen LogP) is 2.64. The lowest BCUT2D eigenvalue weighted by Crippen LogP contribution is -2.51. The van der Waals surface area contributed by atoms with Crippen molar-refractivity contribution in [3.05, 3.63) is 35.6 Å². The molecule has 0 spiro atoms. The molecule has 0 bridgehead atoms. The predicted molar refractivity (Wildman–Crippen MR) is 82.9 cm³/mol. The minimum Gasteiger partial charge on any atom is -0.352 e. The smallest absolute Gasteiger partial charge is 0.251 e. The Labute approximate surface area is 130 Å². The van der Waals surface area contributed by atoms with Crippen molar-refractivity contribution in [3.63, 3.8) is 0 Å². The van der Waals surface area contributed by atoms with E-state index in [0.717, 1.165) is 25.7 Å². The molecule has 0 heterocycles. The summed E-state index contributed by atoms with van der Waals surface area (Å²) in [6.45, 7) is 3.79. The Balaban J connectivity index is 1.99. The summed E-state index contributed by atoms with van der Waals surface area (Å²) in [4.78, 5) is 24.6. The van der Waals surface area contributed by atoms with Crippen LogP contribution >= 0.6 is 0 Å². The van der Waals surface area contributed by atoms with Gasteiger partial charge in [-0.1, -0.05) is 26.7 Å². The van der Waals surface area contributed by atoms with Crippen molar-refractivity contribution in [3.8, 4) is 0 Å². The van der Waals surface area contributed by atoms with Gasteiger partial charge in [0.2, 0.25) is 5.91 Å². The second-order valence-corrected chi connectivity index (χ2v) is 6.19. The number of carbonyl (C=O) groups excluding carboxylic acids is 2. The fraction of sp³-hybridized carbons (Fsp3) is 0.529. The molecule has 120 valence electrons. The van der Waals surface area contributed by atoms with E-state index in [0.29, 0.717) is 5.56 Å². The van der Waals surface area contributed by atoms with E-state index in [4.69, 9.17) is 0 Å². The van der Waals surface area contributed by atoms with Crippen molar-refractivity contribution in [2.24, 2.45) is 5.92 Å². The molecule has 1 fully saturated rings. The average molecular weight is 306 g/mol. The Bertz CT molecular complexity index is 522. The van der Waals surface area contributed by atoms with E-state index in [2.05, 4.69) is 10.6 Å². The molecule has 2 rings (SSSR count). The van der Waals surface area contributed by atoms with Crippen LogP contribution in [0.4, 0.5) is 4.39 Å². The van der Waals surface area contributed by atoms with Crippen LogP contribution in [0.15, 0.2) is 24.3 Å². The van der Waals surface area contributed by atoms with Gasteiger partial charge in [0.25, 0.3) is 5.91 Å². The second-order valence-electron chi connectivity index (χ2n) is 6.19. The van der Waals surface area contributed by atoms with E-state index in [1.165, 1.54) is 24.3 Å². The number of benzene rings is 1. The quantitative estimate of drug-likeness (QED) is 0.878. The highest BCUT2D eigenvalue weighted by Crippen LogP contribution is 2.18. The minimum absolute atomic E-state index is 0.0224. The molecule has 1 aromatic rings. The van der Waals surface area contributed by atoms with Gasteiger partial charge in [0.05, 0.1) is 0 Å². The maximum absolute atomic E-state index is 12.9. The Kier molecular flexibility index (Phi) is 5.52. The zero-order valence-electron chi connectivity index (χ0n) is 13.1. The van der Waals surface area contributed by atoms with Crippen LogP contribution < -0.4 is 10.6 Å². The summed E-state index contributed by atoms with van der Waals surface area (Å²) in [6, 6.07) is 4.93. The van der Waals surface area contributed by atoms with Crippen molar-refractivity contribution >= 4 is 11.8 Å². The molecule has 1 aliphatic carbocycles. The third-order valence-electron chi connectivity index (χ3n) is 4.04. The second kappa shape index (κ2) is 7.38. The van der Waals surface area contributed by atoms with E-state index < -0.39 is 11.9 Å². The molecule has 0 radical (unpaired) electrons. The van der Waals surface area contributed by atoms with Crippen LogP contribution in [0.1, 0.15) is 49.9 Å². The summed E-state index contributed by atoms with van der Waals surface area (Å²) in [6.07, 6.45) is 4.28. The summed E-state index contributed by atoms with van der Waals surface area (Å²) >= 11 is 0. The van der Waals surface area contributed by atoms with E-state index in [-0.39, 0.29) is 23.8 Å². The van der Waals surface area contributed by atoms with Crippen LogP contribution in [0.25, 0.3) is 0 Å². The number of rotatable bonds is 5. The van der Waals surface area contributed by atoms with Gasteiger partial charge in [-0.15, -0.1) is 0 Å². The fourth-order valence-corrected chi connectivity index (χ4v) is 2.72. The largest absolute Gasteiger partial charge is 0.352 e. The van der Waals surface area contributed by atoms with Crippen molar-refractivity contribution in [1.29, 1.82) is 0 Å². The molecule has 1 aliphatic rings. The first-order chi connectivity index (χ1) is 10.5. The van der Waals surface area contributed by atoms with Gasteiger partial charge in [-0.3, -0.25) is 9.59 Å². The number of hydrogen-bond donors (Lipinski definition) is 2. The first-order valence-electron chi connectivity index (χ1n) is 7.84. The molecule has 0 unspecified atom stereocenters. The van der Waals surface area contributed by atoms with Gasteiger partial charge in [-0.2, -0.15) is 0 Å². The Hall–Kier alpha value is -1.91. The van der Waals surface area contributed by atoms with E-state index >= 15 is 0 Å². The normalized spacial score (nSPS) is 16.5. The molecule has 4 nitrogen and oxygen atoms in total. The molecular weight excluding hydrogens is 283 g/mol. The number of nitrogens with one attached hydrogen (secondary N) is 2. The molecule has 1 aromatic carbocycles. The summed E-state index contributed by atoms with van der Waals surface area (Å²) < 4.78 is 12.9. The monoisotopic (exact) mass is 306 g/mol. The van der Waals surface area contributed by atoms with Crippen LogP contribution in [0.3, 0.4) is 0 Å². The highest BCUT2D eigenvalue weighted by Gasteiger charge is 2.27. The van der Waals surface area contributed by atoms with Gasteiger partial charge in [0, 0.05) is 11.6 Å². The lowest BCUT2D eigenvalue weighted by Gasteiger charge is -2.23.